The van der Waals surface area contributed by atoms with Crippen molar-refractivity contribution in [3.05, 3.63) is 0 Å². The highest BCUT2D eigenvalue weighted by atomic mass is 15.5. The molecule has 0 radical (unpaired) electrons. The van der Waals surface area contributed by atoms with Gasteiger partial charge in [-0.1, -0.05) is 13.3 Å². The van der Waals surface area contributed by atoms with Crippen LogP contribution >= 0.6 is 0 Å². The summed E-state index contributed by atoms with van der Waals surface area (Å²) in [5.74, 6) is 0. The molecule has 0 fully saturated rings. The Kier molecular flexibility index (Phi) is 2.55. The number of hydrogen-bond acceptors (Lipinski definition) is 2. The van der Waals surface area contributed by atoms with Gasteiger partial charge in [0.25, 0.3) is 0 Å². The lowest BCUT2D eigenvalue weighted by Gasteiger charge is -2.11. The first-order chi connectivity index (χ1) is 4.43. The molecule has 0 N–H and O–H groups in total. The summed E-state index contributed by atoms with van der Waals surface area (Å²) >= 11 is 0. The van der Waals surface area contributed by atoms with Gasteiger partial charge >= 0.3 is 0 Å². The lowest BCUT2D eigenvalue weighted by atomic mass is 10.3. The Bertz CT molecular complexity index is 99.1. The lowest BCUT2D eigenvalue weighted by Crippen LogP contribution is -2.14. The molecule has 2 nitrogen and oxygen atoms in total. The molecule has 0 saturated carbocycles. The number of nitrogens with zero attached hydrogens (tertiary/aromatic N) is 2. The number of rotatable bonds is 3. The molecule has 0 aliphatic carbocycles. The molecule has 1 rings (SSSR count). The van der Waals surface area contributed by atoms with Crippen LogP contribution in [0.2, 0.25) is 0 Å². The summed E-state index contributed by atoms with van der Waals surface area (Å²) < 4.78 is 0. The average Bonchev–Trinajstić information content (AvgIpc) is 2.34. The van der Waals surface area contributed by atoms with Gasteiger partial charge in [0.15, 0.2) is 0 Å². The van der Waals surface area contributed by atoms with Crippen molar-refractivity contribution in [2.24, 2.45) is 5.10 Å². The zero-order valence-electron chi connectivity index (χ0n) is 6.01. The largest absolute Gasteiger partial charge is 0.297 e. The predicted octanol–water partition coefficient (Wildman–Crippen LogP) is 1.48. The molecule has 0 bridgehead atoms. The maximum atomic E-state index is 4.18. The van der Waals surface area contributed by atoms with E-state index in [-0.39, 0.29) is 0 Å². The van der Waals surface area contributed by atoms with E-state index in [1.807, 2.05) is 6.21 Å². The predicted molar refractivity (Wildman–Crippen MR) is 39.6 cm³/mol. The van der Waals surface area contributed by atoms with Gasteiger partial charge in [-0.3, -0.25) is 5.01 Å². The normalized spacial score (nSPS) is 17.2. The molecule has 0 saturated heterocycles. The Labute approximate surface area is 56.5 Å². The van der Waals surface area contributed by atoms with E-state index >= 15 is 0 Å². The highest BCUT2D eigenvalue weighted by Gasteiger charge is 2.02. The molecule has 1 aliphatic heterocycles. The highest BCUT2D eigenvalue weighted by molar-refractivity contribution is 5.58. The van der Waals surface area contributed by atoms with Crippen molar-refractivity contribution >= 4 is 6.21 Å². The monoisotopic (exact) mass is 126 g/mol. The van der Waals surface area contributed by atoms with E-state index in [0.717, 1.165) is 19.5 Å². The van der Waals surface area contributed by atoms with Crippen molar-refractivity contribution in [2.75, 3.05) is 13.1 Å². The molecular weight excluding hydrogens is 112 g/mol. The number of hydrazone groups is 1. The summed E-state index contributed by atoms with van der Waals surface area (Å²) in [5, 5.41) is 6.32. The van der Waals surface area contributed by atoms with Crippen LogP contribution in [0.5, 0.6) is 0 Å². The number of unbranched alkanes of at least 4 members (excludes halogenated alkanes) is 1. The first-order valence-corrected chi connectivity index (χ1v) is 3.71. The minimum Gasteiger partial charge on any atom is -0.297 e. The Morgan fingerprint density at radius 1 is 1.67 bits per heavy atom. The topological polar surface area (TPSA) is 15.6 Å². The van der Waals surface area contributed by atoms with Gasteiger partial charge in [-0.15, -0.1) is 0 Å². The van der Waals surface area contributed by atoms with E-state index in [1.165, 1.54) is 12.8 Å². The smallest absolute Gasteiger partial charge is 0.0410 e. The molecule has 0 aromatic carbocycles. The number of hydrogen-bond donors (Lipinski definition) is 0. The first-order valence-electron chi connectivity index (χ1n) is 3.71. The Morgan fingerprint density at radius 2 is 2.56 bits per heavy atom. The van der Waals surface area contributed by atoms with E-state index in [9.17, 15) is 0 Å². The van der Waals surface area contributed by atoms with Crippen LogP contribution in [-0.2, 0) is 0 Å². The van der Waals surface area contributed by atoms with Crippen LogP contribution in [0, 0.1) is 0 Å². The van der Waals surface area contributed by atoms with Crippen molar-refractivity contribution in [3.63, 3.8) is 0 Å². The second-order valence-corrected chi connectivity index (χ2v) is 2.39. The van der Waals surface area contributed by atoms with Crippen molar-refractivity contribution in [1.82, 2.24) is 5.01 Å². The summed E-state index contributed by atoms with van der Waals surface area (Å²) in [5.41, 5.74) is 0. The summed E-state index contributed by atoms with van der Waals surface area (Å²) in [6, 6.07) is 0. The van der Waals surface area contributed by atoms with Crippen LogP contribution in [0.1, 0.15) is 26.2 Å². The third-order valence-electron chi connectivity index (χ3n) is 1.53. The van der Waals surface area contributed by atoms with Gasteiger partial charge in [0.2, 0.25) is 0 Å². The molecule has 0 aromatic heterocycles. The quantitative estimate of drug-likeness (QED) is 0.559. The molecule has 0 spiro atoms. The van der Waals surface area contributed by atoms with Gasteiger partial charge in [0.05, 0.1) is 0 Å². The van der Waals surface area contributed by atoms with Crippen molar-refractivity contribution in [2.45, 2.75) is 26.2 Å². The third kappa shape index (κ3) is 2.04. The summed E-state index contributed by atoms with van der Waals surface area (Å²) in [6.07, 6.45) is 5.68. The van der Waals surface area contributed by atoms with Crippen LogP contribution in [0.25, 0.3) is 0 Å². The average molecular weight is 126 g/mol. The minimum absolute atomic E-state index is 1.14. The molecular formula is C7H14N2. The summed E-state index contributed by atoms with van der Waals surface area (Å²) in [4.78, 5) is 0. The fraction of sp³-hybridized carbons (Fsp3) is 0.857. The van der Waals surface area contributed by atoms with Crippen molar-refractivity contribution < 1.29 is 0 Å². The zero-order valence-corrected chi connectivity index (χ0v) is 6.01. The second kappa shape index (κ2) is 3.49. The Morgan fingerprint density at radius 3 is 3.11 bits per heavy atom. The molecule has 52 valence electrons. The van der Waals surface area contributed by atoms with E-state index < -0.39 is 0 Å². The fourth-order valence-corrected chi connectivity index (χ4v) is 0.948. The second-order valence-electron chi connectivity index (χ2n) is 2.39. The summed E-state index contributed by atoms with van der Waals surface area (Å²) in [6.45, 7) is 4.49. The molecule has 0 unspecified atom stereocenters. The van der Waals surface area contributed by atoms with Gasteiger partial charge in [0, 0.05) is 25.7 Å². The minimum atomic E-state index is 1.14. The SMILES string of the molecule is CCCCN1CCC=N1. The van der Waals surface area contributed by atoms with Crippen LogP contribution in [0.3, 0.4) is 0 Å². The van der Waals surface area contributed by atoms with Crippen LogP contribution in [-0.4, -0.2) is 24.3 Å². The van der Waals surface area contributed by atoms with Gasteiger partial charge in [-0.2, -0.15) is 5.10 Å². The molecule has 2 heteroatoms. The first kappa shape index (κ1) is 6.59. The van der Waals surface area contributed by atoms with Gasteiger partial charge < -0.3 is 0 Å². The zero-order chi connectivity index (χ0) is 6.53. The standard InChI is InChI=1S/C7H14N2/c1-2-3-6-9-7-4-5-8-9/h5H,2-4,6-7H2,1H3. The van der Waals surface area contributed by atoms with Crippen molar-refractivity contribution in [3.8, 4) is 0 Å². The summed E-state index contributed by atoms with van der Waals surface area (Å²) in [7, 11) is 0. The van der Waals surface area contributed by atoms with Gasteiger partial charge in [-0.25, -0.2) is 0 Å². The van der Waals surface area contributed by atoms with E-state index in [0.29, 0.717) is 0 Å². The highest BCUT2D eigenvalue weighted by Crippen LogP contribution is 2.01. The molecule has 0 amide bonds. The maximum Gasteiger partial charge on any atom is 0.0410 e. The van der Waals surface area contributed by atoms with E-state index in [1.54, 1.807) is 0 Å². The Balaban J connectivity index is 2.05. The molecule has 0 atom stereocenters. The molecule has 1 heterocycles. The van der Waals surface area contributed by atoms with E-state index in [4.69, 9.17) is 0 Å². The van der Waals surface area contributed by atoms with Crippen LogP contribution < -0.4 is 0 Å². The van der Waals surface area contributed by atoms with Gasteiger partial charge in [0.1, 0.15) is 0 Å². The fourth-order valence-electron chi connectivity index (χ4n) is 0.948. The molecule has 0 aromatic rings. The molecule has 1 aliphatic rings. The Hall–Kier alpha value is -0.530. The maximum absolute atomic E-state index is 4.18. The third-order valence-corrected chi connectivity index (χ3v) is 1.53. The van der Waals surface area contributed by atoms with Crippen LogP contribution in [0.15, 0.2) is 5.10 Å². The van der Waals surface area contributed by atoms with E-state index in [2.05, 4.69) is 17.0 Å². The lowest BCUT2D eigenvalue weighted by molar-refractivity contribution is 0.312. The van der Waals surface area contributed by atoms with Gasteiger partial charge in [-0.05, 0) is 6.42 Å². The molecule has 9 heavy (non-hydrogen) atoms. The van der Waals surface area contributed by atoms with Crippen LogP contribution in [0.4, 0.5) is 0 Å². The van der Waals surface area contributed by atoms with Crippen molar-refractivity contribution in [1.29, 1.82) is 0 Å².